The molecule has 0 aliphatic carbocycles. The van der Waals surface area contributed by atoms with Gasteiger partial charge in [0, 0.05) is 32.0 Å². The third-order valence-corrected chi connectivity index (χ3v) is 5.16. The lowest BCUT2D eigenvalue weighted by Gasteiger charge is -2.19. The van der Waals surface area contributed by atoms with Crippen LogP contribution in [0.5, 0.6) is 17.2 Å². The number of benzene rings is 2. The van der Waals surface area contributed by atoms with Crippen molar-refractivity contribution in [2.75, 3.05) is 45.4 Å². The number of rotatable bonds is 9. The second-order valence-electron chi connectivity index (χ2n) is 7.30. The molecule has 2 heterocycles. The van der Waals surface area contributed by atoms with E-state index >= 15 is 0 Å². The van der Waals surface area contributed by atoms with Crippen molar-refractivity contribution in [2.24, 2.45) is 0 Å². The van der Waals surface area contributed by atoms with Crippen molar-refractivity contribution in [3.8, 4) is 17.2 Å². The van der Waals surface area contributed by atoms with E-state index in [1.54, 1.807) is 49.6 Å². The molecule has 8 nitrogen and oxygen atoms in total. The fourth-order valence-corrected chi connectivity index (χ4v) is 3.68. The molecule has 4 rings (SSSR count). The number of carbonyl (C=O) groups is 2. The van der Waals surface area contributed by atoms with Crippen LogP contribution in [0, 0.1) is 0 Å². The molecule has 0 radical (unpaired) electrons. The normalized spacial score (nSPS) is 15.4. The number of carbonyl (C=O) groups excluding carboxylic acids is 2. The first kappa shape index (κ1) is 21.7. The van der Waals surface area contributed by atoms with E-state index in [9.17, 15) is 9.59 Å². The molecule has 0 unspecified atom stereocenters. The Hall–Kier alpha value is -3.52. The molecule has 0 aromatic heterocycles. The molecule has 2 aliphatic rings. The summed E-state index contributed by atoms with van der Waals surface area (Å²) in [5.74, 6) is 1.24. The lowest BCUT2D eigenvalue weighted by molar-refractivity contribution is -0.136. The minimum atomic E-state index is -0.370. The van der Waals surface area contributed by atoms with Gasteiger partial charge in [-0.15, -0.1) is 0 Å². The van der Waals surface area contributed by atoms with E-state index in [-0.39, 0.29) is 24.1 Å². The van der Waals surface area contributed by atoms with E-state index in [1.807, 2.05) is 6.92 Å². The molecule has 0 saturated carbocycles. The summed E-state index contributed by atoms with van der Waals surface area (Å²) in [6, 6.07) is 12.5. The van der Waals surface area contributed by atoms with Crippen LogP contribution in [-0.2, 0) is 14.3 Å². The van der Waals surface area contributed by atoms with Gasteiger partial charge in [-0.3, -0.25) is 14.5 Å². The van der Waals surface area contributed by atoms with Crippen molar-refractivity contribution in [1.29, 1.82) is 0 Å². The van der Waals surface area contributed by atoms with Gasteiger partial charge in [0.2, 0.25) is 0 Å². The Morgan fingerprint density at radius 2 is 1.75 bits per heavy atom. The number of methoxy groups -OCH3 is 1. The van der Waals surface area contributed by atoms with Gasteiger partial charge in [0.1, 0.15) is 24.7 Å². The number of fused-ring (bicyclic) bond motifs is 1. The molecule has 8 heteroatoms. The zero-order chi connectivity index (χ0) is 22.5. The van der Waals surface area contributed by atoms with Gasteiger partial charge < -0.3 is 24.3 Å². The molecular weight excluding hydrogens is 412 g/mol. The Kier molecular flexibility index (Phi) is 6.61. The number of hydrogen-bond acceptors (Lipinski definition) is 7. The van der Waals surface area contributed by atoms with Crippen LogP contribution in [0.2, 0.25) is 0 Å². The number of nitrogens with one attached hydrogen (secondary N) is 1. The Bertz CT molecular complexity index is 1030. The van der Waals surface area contributed by atoms with Crippen LogP contribution in [0.25, 0.3) is 5.57 Å². The molecular formula is C24H26N2O6. The fraction of sp³-hybridized carbons (Fsp3) is 0.333. The van der Waals surface area contributed by atoms with Crippen molar-refractivity contribution in [1.82, 2.24) is 4.90 Å². The van der Waals surface area contributed by atoms with Crippen LogP contribution in [0.3, 0.4) is 0 Å². The predicted octanol–water partition coefficient (Wildman–Crippen LogP) is 3.09. The minimum absolute atomic E-state index is 0.230. The van der Waals surface area contributed by atoms with Gasteiger partial charge in [-0.1, -0.05) is 12.1 Å². The molecule has 2 aromatic carbocycles. The first-order chi connectivity index (χ1) is 15.6. The largest absolute Gasteiger partial charge is 0.494 e. The molecule has 1 N–H and O–H groups in total. The predicted molar refractivity (Wildman–Crippen MR) is 119 cm³/mol. The molecule has 0 fully saturated rings. The van der Waals surface area contributed by atoms with Gasteiger partial charge in [0.05, 0.1) is 12.2 Å². The van der Waals surface area contributed by atoms with Gasteiger partial charge in [0.25, 0.3) is 11.8 Å². The van der Waals surface area contributed by atoms with Gasteiger partial charge in [-0.05, 0) is 43.2 Å². The first-order valence-electron chi connectivity index (χ1n) is 10.6. The highest BCUT2D eigenvalue weighted by molar-refractivity contribution is 6.36. The smallest absolute Gasteiger partial charge is 0.278 e. The molecule has 168 valence electrons. The van der Waals surface area contributed by atoms with Crippen LogP contribution < -0.4 is 19.5 Å². The van der Waals surface area contributed by atoms with E-state index in [0.717, 1.165) is 0 Å². The maximum absolute atomic E-state index is 13.2. The monoisotopic (exact) mass is 438 g/mol. The molecule has 2 aromatic rings. The number of imide groups is 1. The van der Waals surface area contributed by atoms with Gasteiger partial charge in [-0.25, -0.2) is 0 Å². The maximum Gasteiger partial charge on any atom is 0.278 e. The summed E-state index contributed by atoms with van der Waals surface area (Å²) in [5.41, 5.74) is 1.83. The van der Waals surface area contributed by atoms with Crippen LogP contribution in [0.15, 0.2) is 48.2 Å². The Balaban J connectivity index is 1.67. The highest BCUT2D eigenvalue weighted by atomic mass is 16.6. The third kappa shape index (κ3) is 4.40. The SMILES string of the molecule is CCOc1ccc(C2=C(Nc3ccc4c(c3)OCCO4)C(=O)N(CCCOC)C2=O)cc1. The summed E-state index contributed by atoms with van der Waals surface area (Å²) in [6.45, 7) is 4.14. The summed E-state index contributed by atoms with van der Waals surface area (Å²) in [4.78, 5) is 27.7. The standard InChI is InChI=1S/C24H26N2O6/c1-3-30-18-8-5-16(6-9-18)21-22(24(28)26(23(21)27)11-4-12-29-2)25-17-7-10-19-20(15-17)32-14-13-31-19/h5-10,15,25H,3-4,11-14H2,1-2H3. The van der Waals surface area contributed by atoms with Crippen molar-refractivity contribution in [3.63, 3.8) is 0 Å². The maximum atomic E-state index is 13.2. The highest BCUT2D eigenvalue weighted by Crippen LogP contribution is 2.35. The summed E-state index contributed by atoms with van der Waals surface area (Å²) >= 11 is 0. The van der Waals surface area contributed by atoms with Crippen molar-refractivity contribution in [2.45, 2.75) is 13.3 Å². The number of ether oxygens (including phenoxy) is 4. The topological polar surface area (TPSA) is 86.3 Å². The summed E-state index contributed by atoms with van der Waals surface area (Å²) < 4.78 is 21.8. The van der Waals surface area contributed by atoms with Gasteiger partial charge in [0.15, 0.2) is 11.5 Å². The zero-order valence-electron chi connectivity index (χ0n) is 18.2. The average molecular weight is 438 g/mol. The van der Waals surface area contributed by atoms with Crippen LogP contribution >= 0.6 is 0 Å². The summed E-state index contributed by atoms with van der Waals surface area (Å²) in [6.07, 6.45) is 0.557. The number of amides is 2. The number of anilines is 1. The Labute approximate surface area is 186 Å². The van der Waals surface area contributed by atoms with Crippen LogP contribution in [0.4, 0.5) is 5.69 Å². The summed E-state index contributed by atoms with van der Waals surface area (Å²) in [7, 11) is 1.59. The minimum Gasteiger partial charge on any atom is -0.494 e. The van der Waals surface area contributed by atoms with Gasteiger partial charge in [-0.2, -0.15) is 0 Å². The Morgan fingerprint density at radius 3 is 2.47 bits per heavy atom. The molecule has 0 spiro atoms. The zero-order valence-corrected chi connectivity index (χ0v) is 18.2. The van der Waals surface area contributed by atoms with E-state index in [4.69, 9.17) is 18.9 Å². The molecule has 32 heavy (non-hydrogen) atoms. The molecule has 0 bridgehead atoms. The average Bonchev–Trinajstić information content (AvgIpc) is 3.04. The third-order valence-electron chi connectivity index (χ3n) is 5.16. The van der Waals surface area contributed by atoms with Crippen molar-refractivity contribution >= 4 is 23.1 Å². The van der Waals surface area contributed by atoms with E-state index in [2.05, 4.69) is 5.32 Å². The second kappa shape index (κ2) is 9.74. The fourth-order valence-electron chi connectivity index (χ4n) is 3.68. The molecule has 0 atom stereocenters. The van der Waals surface area contributed by atoms with Crippen molar-refractivity contribution < 1.29 is 28.5 Å². The van der Waals surface area contributed by atoms with Crippen LogP contribution in [-0.4, -0.2) is 56.8 Å². The second-order valence-corrected chi connectivity index (χ2v) is 7.30. The molecule has 0 saturated heterocycles. The highest BCUT2D eigenvalue weighted by Gasteiger charge is 2.39. The lowest BCUT2D eigenvalue weighted by Crippen LogP contribution is -2.33. The Morgan fingerprint density at radius 1 is 1.00 bits per heavy atom. The van der Waals surface area contributed by atoms with E-state index in [1.165, 1.54) is 4.90 Å². The first-order valence-corrected chi connectivity index (χ1v) is 10.6. The lowest BCUT2D eigenvalue weighted by atomic mass is 10.0. The van der Waals surface area contributed by atoms with E-state index in [0.29, 0.717) is 66.9 Å². The quantitative estimate of drug-likeness (QED) is 0.476. The van der Waals surface area contributed by atoms with Gasteiger partial charge >= 0.3 is 0 Å². The molecule has 2 aliphatic heterocycles. The number of nitrogens with zero attached hydrogens (tertiary/aromatic N) is 1. The summed E-state index contributed by atoms with van der Waals surface area (Å²) in [5, 5.41) is 3.15. The number of hydrogen-bond donors (Lipinski definition) is 1. The van der Waals surface area contributed by atoms with Crippen molar-refractivity contribution in [3.05, 3.63) is 53.7 Å². The van der Waals surface area contributed by atoms with E-state index < -0.39 is 0 Å². The van der Waals surface area contributed by atoms with Crippen LogP contribution in [0.1, 0.15) is 18.9 Å². The molecule has 2 amide bonds.